The standard InChI is InChI=1S/C14H28N2O2/c1-10-6-5-7-12(9-11(15)8-10)16-13(17)18-14(2,3)4/h10-12H,5-9,15H2,1-4H3,(H,16,17)/t10-,11-,12+/m0/s1. The molecule has 0 unspecified atom stereocenters. The maximum Gasteiger partial charge on any atom is 0.407 e. The van der Waals surface area contributed by atoms with E-state index in [2.05, 4.69) is 12.2 Å². The van der Waals surface area contributed by atoms with E-state index >= 15 is 0 Å². The number of rotatable bonds is 1. The molecule has 3 N–H and O–H groups in total. The van der Waals surface area contributed by atoms with Gasteiger partial charge in [-0.05, 0) is 46.0 Å². The minimum atomic E-state index is -0.442. The lowest BCUT2D eigenvalue weighted by Gasteiger charge is -2.28. The van der Waals surface area contributed by atoms with Crippen molar-refractivity contribution in [3.8, 4) is 0 Å². The van der Waals surface area contributed by atoms with E-state index < -0.39 is 5.60 Å². The van der Waals surface area contributed by atoms with Gasteiger partial charge >= 0.3 is 6.09 Å². The Morgan fingerprint density at radius 1 is 1.28 bits per heavy atom. The second-order valence-electron chi connectivity index (χ2n) is 6.61. The minimum Gasteiger partial charge on any atom is -0.444 e. The lowest BCUT2D eigenvalue weighted by molar-refractivity contribution is 0.0494. The van der Waals surface area contributed by atoms with Crippen molar-refractivity contribution in [2.75, 3.05) is 0 Å². The van der Waals surface area contributed by atoms with Gasteiger partial charge in [0.15, 0.2) is 0 Å². The van der Waals surface area contributed by atoms with Crippen LogP contribution in [0.3, 0.4) is 0 Å². The summed E-state index contributed by atoms with van der Waals surface area (Å²) in [6, 6.07) is 0.336. The quantitative estimate of drug-likeness (QED) is 0.758. The van der Waals surface area contributed by atoms with Crippen LogP contribution in [-0.2, 0) is 4.74 Å². The highest BCUT2D eigenvalue weighted by Gasteiger charge is 2.23. The first-order chi connectivity index (χ1) is 8.26. The molecule has 1 fully saturated rings. The Balaban J connectivity index is 2.43. The monoisotopic (exact) mass is 256 g/mol. The predicted molar refractivity (Wildman–Crippen MR) is 73.4 cm³/mol. The number of hydrogen-bond acceptors (Lipinski definition) is 3. The molecule has 1 amide bonds. The SMILES string of the molecule is C[C@H]1CCC[C@@H](NC(=O)OC(C)(C)C)C[C@@H](N)C1. The van der Waals surface area contributed by atoms with Gasteiger partial charge in [-0.25, -0.2) is 4.79 Å². The van der Waals surface area contributed by atoms with Crippen LogP contribution in [0.25, 0.3) is 0 Å². The summed E-state index contributed by atoms with van der Waals surface area (Å²) in [6.07, 6.45) is 4.91. The Bertz CT molecular complexity index is 273. The van der Waals surface area contributed by atoms with E-state index in [1.807, 2.05) is 20.8 Å². The van der Waals surface area contributed by atoms with Crippen molar-refractivity contribution in [1.82, 2.24) is 5.32 Å². The molecule has 4 nitrogen and oxygen atoms in total. The van der Waals surface area contributed by atoms with Crippen LogP contribution in [0.4, 0.5) is 4.79 Å². The van der Waals surface area contributed by atoms with Crippen LogP contribution in [0, 0.1) is 5.92 Å². The maximum atomic E-state index is 11.7. The molecule has 0 saturated heterocycles. The number of nitrogens with two attached hydrogens (primary N) is 1. The third-order valence-electron chi connectivity index (χ3n) is 3.26. The van der Waals surface area contributed by atoms with Crippen LogP contribution in [0.2, 0.25) is 0 Å². The van der Waals surface area contributed by atoms with Gasteiger partial charge in [-0.1, -0.05) is 19.8 Å². The molecule has 1 saturated carbocycles. The number of hydrogen-bond donors (Lipinski definition) is 2. The Morgan fingerprint density at radius 3 is 2.56 bits per heavy atom. The van der Waals surface area contributed by atoms with E-state index in [9.17, 15) is 4.79 Å². The molecule has 1 aliphatic rings. The molecular weight excluding hydrogens is 228 g/mol. The molecule has 0 bridgehead atoms. The molecule has 1 rings (SSSR count). The van der Waals surface area contributed by atoms with Gasteiger partial charge in [0.05, 0.1) is 0 Å². The minimum absolute atomic E-state index is 0.155. The second-order valence-corrected chi connectivity index (χ2v) is 6.61. The van der Waals surface area contributed by atoms with Crippen LogP contribution in [0.5, 0.6) is 0 Å². The summed E-state index contributed by atoms with van der Waals surface area (Å²) < 4.78 is 5.28. The zero-order valence-corrected chi connectivity index (χ0v) is 12.2. The van der Waals surface area contributed by atoms with Gasteiger partial charge in [-0.2, -0.15) is 0 Å². The number of nitrogens with one attached hydrogen (secondary N) is 1. The fraction of sp³-hybridized carbons (Fsp3) is 0.929. The Labute approximate surface area is 111 Å². The third-order valence-corrected chi connectivity index (χ3v) is 3.26. The fourth-order valence-electron chi connectivity index (χ4n) is 2.53. The zero-order chi connectivity index (χ0) is 13.8. The van der Waals surface area contributed by atoms with Crippen molar-refractivity contribution in [3.05, 3.63) is 0 Å². The van der Waals surface area contributed by atoms with Crippen LogP contribution in [0.15, 0.2) is 0 Å². The number of carbonyl (C=O) groups is 1. The predicted octanol–water partition coefficient (Wildman–Crippen LogP) is 2.81. The first kappa shape index (κ1) is 15.3. The van der Waals surface area contributed by atoms with Gasteiger partial charge in [0, 0.05) is 12.1 Å². The smallest absolute Gasteiger partial charge is 0.407 e. The van der Waals surface area contributed by atoms with Crippen LogP contribution < -0.4 is 11.1 Å². The number of alkyl carbamates (subject to hydrolysis) is 1. The molecule has 4 heteroatoms. The molecule has 3 atom stereocenters. The van der Waals surface area contributed by atoms with Gasteiger partial charge in [-0.15, -0.1) is 0 Å². The van der Waals surface area contributed by atoms with Crippen LogP contribution in [-0.4, -0.2) is 23.8 Å². The van der Waals surface area contributed by atoms with E-state index in [4.69, 9.17) is 10.5 Å². The number of carbonyl (C=O) groups excluding carboxylic acids is 1. The molecule has 0 aromatic carbocycles. The summed E-state index contributed by atoms with van der Waals surface area (Å²) in [4.78, 5) is 11.7. The lowest BCUT2D eigenvalue weighted by atomic mass is 9.87. The van der Waals surface area contributed by atoms with Crippen molar-refractivity contribution in [2.24, 2.45) is 11.7 Å². The van der Waals surface area contributed by atoms with Gasteiger partial charge in [0.2, 0.25) is 0 Å². The highest BCUT2D eigenvalue weighted by Crippen LogP contribution is 2.21. The normalized spacial score (nSPS) is 30.2. The molecule has 0 heterocycles. The van der Waals surface area contributed by atoms with Crippen LogP contribution >= 0.6 is 0 Å². The third kappa shape index (κ3) is 6.24. The second kappa shape index (κ2) is 6.41. The molecule has 0 aromatic rings. The van der Waals surface area contributed by atoms with Crippen LogP contribution in [0.1, 0.15) is 59.8 Å². The molecule has 0 radical (unpaired) electrons. The molecule has 0 aromatic heterocycles. The van der Waals surface area contributed by atoms with Gasteiger partial charge in [0.25, 0.3) is 0 Å². The molecule has 0 aliphatic heterocycles. The summed E-state index contributed by atoms with van der Waals surface area (Å²) in [5.41, 5.74) is 5.65. The summed E-state index contributed by atoms with van der Waals surface area (Å²) >= 11 is 0. The van der Waals surface area contributed by atoms with Gasteiger partial charge in [-0.3, -0.25) is 0 Å². The van der Waals surface area contributed by atoms with E-state index in [0.717, 1.165) is 25.7 Å². The van der Waals surface area contributed by atoms with Crippen molar-refractivity contribution in [1.29, 1.82) is 0 Å². The highest BCUT2D eigenvalue weighted by molar-refractivity contribution is 5.68. The fourth-order valence-corrected chi connectivity index (χ4v) is 2.53. The summed E-state index contributed by atoms with van der Waals surface area (Å²) in [7, 11) is 0. The highest BCUT2D eigenvalue weighted by atomic mass is 16.6. The lowest BCUT2D eigenvalue weighted by Crippen LogP contribution is -2.43. The largest absolute Gasteiger partial charge is 0.444 e. The Hall–Kier alpha value is -0.770. The number of ether oxygens (including phenoxy) is 1. The molecule has 0 spiro atoms. The van der Waals surface area contributed by atoms with E-state index in [1.54, 1.807) is 0 Å². The van der Waals surface area contributed by atoms with Gasteiger partial charge < -0.3 is 15.8 Å². The van der Waals surface area contributed by atoms with E-state index in [1.165, 1.54) is 6.42 Å². The Morgan fingerprint density at radius 2 is 1.94 bits per heavy atom. The topological polar surface area (TPSA) is 64.3 Å². The average molecular weight is 256 g/mol. The zero-order valence-electron chi connectivity index (χ0n) is 12.2. The Kier molecular flexibility index (Phi) is 5.45. The molecule has 106 valence electrons. The summed E-state index contributed by atoms with van der Waals surface area (Å²) in [5, 5.41) is 2.95. The van der Waals surface area contributed by atoms with E-state index in [-0.39, 0.29) is 18.2 Å². The first-order valence-electron chi connectivity index (χ1n) is 7.01. The average Bonchev–Trinajstić information content (AvgIpc) is 2.11. The van der Waals surface area contributed by atoms with Crippen molar-refractivity contribution >= 4 is 6.09 Å². The van der Waals surface area contributed by atoms with Crippen molar-refractivity contribution < 1.29 is 9.53 Å². The summed E-state index contributed by atoms with van der Waals surface area (Å²) in [6.45, 7) is 7.87. The molecule has 1 aliphatic carbocycles. The molecule has 18 heavy (non-hydrogen) atoms. The summed E-state index contributed by atoms with van der Waals surface area (Å²) in [5.74, 6) is 0.697. The van der Waals surface area contributed by atoms with Gasteiger partial charge in [0.1, 0.15) is 5.60 Å². The van der Waals surface area contributed by atoms with Crippen molar-refractivity contribution in [3.63, 3.8) is 0 Å². The molecular formula is C14H28N2O2. The van der Waals surface area contributed by atoms with Crippen molar-refractivity contribution in [2.45, 2.75) is 77.5 Å². The first-order valence-corrected chi connectivity index (χ1v) is 7.01. The maximum absolute atomic E-state index is 11.7. The number of amides is 1. The van der Waals surface area contributed by atoms with E-state index in [0.29, 0.717) is 5.92 Å².